The molecule has 2 aromatic carbocycles. The van der Waals surface area contributed by atoms with Crippen molar-refractivity contribution in [2.24, 2.45) is 11.5 Å². The summed E-state index contributed by atoms with van der Waals surface area (Å²) in [5, 5.41) is 35.9. The number of aromatic amines is 1. The minimum Gasteiger partial charge on any atom is -0.508 e. The number of fused-ring (bicyclic) bond motifs is 1. The largest absolute Gasteiger partial charge is 0.508 e. The third kappa shape index (κ3) is 9.29. The number of carbonyl (C=O) groups is 6. The predicted molar refractivity (Wildman–Crippen MR) is 151 cm³/mol. The second-order valence-electron chi connectivity index (χ2n) is 9.83. The number of nitrogens with one attached hydrogen (secondary N) is 4. The molecular weight excluding hydrogens is 564 g/mol. The number of aliphatic carboxylic acids is 2. The molecule has 1 aromatic heterocycles. The summed E-state index contributed by atoms with van der Waals surface area (Å²) in [6.45, 7) is 0. The van der Waals surface area contributed by atoms with Crippen LogP contribution < -0.4 is 27.4 Å². The van der Waals surface area contributed by atoms with E-state index in [1.807, 2.05) is 0 Å². The lowest BCUT2D eigenvalue weighted by Gasteiger charge is -2.24. The molecule has 3 rings (SSSR count). The zero-order valence-corrected chi connectivity index (χ0v) is 22.8. The van der Waals surface area contributed by atoms with Gasteiger partial charge in [0.1, 0.15) is 23.9 Å². The number of hydrogen-bond donors (Lipinski definition) is 9. The third-order valence-electron chi connectivity index (χ3n) is 6.49. The number of aromatic hydroxyl groups is 1. The van der Waals surface area contributed by atoms with Gasteiger partial charge in [-0.2, -0.15) is 0 Å². The maximum absolute atomic E-state index is 13.1. The Kier molecular flexibility index (Phi) is 10.8. The number of hydrogen-bond acceptors (Lipinski definition) is 8. The summed E-state index contributed by atoms with van der Waals surface area (Å²) in [7, 11) is 0. The molecule has 4 atom stereocenters. The smallest absolute Gasteiger partial charge is 0.326 e. The van der Waals surface area contributed by atoms with E-state index in [0.29, 0.717) is 11.1 Å². The van der Waals surface area contributed by atoms with Gasteiger partial charge in [0, 0.05) is 23.5 Å². The lowest BCUT2D eigenvalue weighted by atomic mass is 10.0. The predicted octanol–water partition coefficient (Wildman–Crippen LogP) is -1.12. The summed E-state index contributed by atoms with van der Waals surface area (Å²) in [6, 6.07) is 6.89. The molecule has 4 unspecified atom stereocenters. The van der Waals surface area contributed by atoms with Gasteiger partial charge in [-0.15, -0.1) is 0 Å². The van der Waals surface area contributed by atoms with E-state index in [-0.39, 0.29) is 18.6 Å². The first-order valence-electron chi connectivity index (χ1n) is 13.1. The van der Waals surface area contributed by atoms with E-state index >= 15 is 0 Å². The molecule has 43 heavy (non-hydrogen) atoms. The number of carbonyl (C=O) groups excluding carboxylic acids is 4. The third-order valence-corrected chi connectivity index (χ3v) is 6.49. The highest BCUT2D eigenvalue weighted by Crippen LogP contribution is 2.19. The number of amides is 4. The van der Waals surface area contributed by atoms with Crippen molar-refractivity contribution in [3.05, 3.63) is 65.9 Å². The van der Waals surface area contributed by atoms with Crippen molar-refractivity contribution in [2.75, 3.05) is 0 Å². The van der Waals surface area contributed by atoms with E-state index in [9.17, 15) is 44.1 Å². The van der Waals surface area contributed by atoms with Crippen LogP contribution in [0.1, 0.15) is 24.0 Å². The van der Waals surface area contributed by atoms with Crippen molar-refractivity contribution in [2.45, 2.75) is 49.9 Å². The highest BCUT2D eigenvalue weighted by Gasteiger charge is 2.32. The molecule has 0 saturated heterocycles. The SMILES string of the molecule is NC(=O)CC(NC(=O)C(N)Cc1ccc(O)cc1)C(=O)NC(CC(=O)O)C(=O)NC(Cc1c[nH]c2ccccc12)C(=O)O. The fourth-order valence-electron chi connectivity index (χ4n) is 4.32. The summed E-state index contributed by atoms with van der Waals surface area (Å²) in [5.74, 6) is -6.96. The molecule has 0 aliphatic carbocycles. The Morgan fingerprint density at radius 3 is 1.95 bits per heavy atom. The van der Waals surface area contributed by atoms with E-state index in [1.165, 1.54) is 24.3 Å². The Morgan fingerprint density at radius 1 is 0.767 bits per heavy atom. The fourth-order valence-corrected chi connectivity index (χ4v) is 4.32. The maximum Gasteiger partial charge on any atom is 0.326 e. The number of phenols is 1. The van der Waals surface area contributed by atoms with E-state index in [1.54, 1.807) is 30.5 Å². The normalized spacial score (nSPS) is 13.7. The molecule has 4 amide bonds. The van der Waals surface area contributed by atoms with Crippen LogP contribution in [0.5, 0.6) is 5.75 Å². The van der Waals surface area contributed by atoms with Crippen LogP contribution in [0.25, 0.3) is 10.9 Å². The maximum atomic E-state index is 13.1. The Morgan fingerprint density at radius 2 is 1.35 bits per heavy atom. The molecule has 0 aliphatic heterocycles. The average Bonchev–Trinajstić information content (AvgIpc) is 3.35. The van der Waals surface area contributed by atoms with E-state index in [0.717, 1.165) is 10.9 Å². The molecule has 1 heterocycles. The van der Waals surface area contributed by atoms with Crippen molar-refractivity contribution in [3.63, 3.8) is 0 Å². The Bertz CT molecular complexity index is 1500. The van der Waals surface area contributed by atoms with Gasteiger partial charge in [-0.25, -0.2) is 4.79 Å². The van der Waals surface area contributed by atoms with Crippen LogP contribution in [-0.4, -0.2) is 80.0 Å². The van der Waals surface area contributed by atoms with Gasteiger partial charge in [0.15, 0.2) is 0 Å². The van der Waals surface area contributed by atoms with Crippen LogP contribution in [0.15, 0.2) is 54.7 Å². The number of H-pyrrole nitrogens is 1. The van der Waals surface area contributed by atoms with Crippen LogP contribution in [0.4, 0.5) is 0 Å². The Labute approximate surface area is 244 Å². The number of nitrogens with two attached hydrogens (primary N) is 2. The van der Waals surface area contributed by atoms with Gasteiger partial charge in [0.2, 0.25) is 23.6 Å². The number of benzene rings is 2. The molecule has 11 N–H and O–H groups in total. The Balaban J connectivity index is 1.71. The van der Waals surface area contributed by atoms with Crippen molar-refractivity contribution < 1.29 is 44.1 Å². The molecule has 0 spiro atoms. The molecule has 3 aromatic rings. The number of aromatic nitrogens is 1. The first kappa shape index (κ1) is 32.1. The quantitative estimate of drug-likeness (QED) is 0.102. The fraction of sp³-hybridized carbons (Fsp3) is 0.286. The molecule has 0 bridgehead atoms. The number of rotatable bonds is 15. The van der Waals surface area contributed by atoms with Gasteiger partial charge in [-0.05, 0) is 35.7 Å². The summed E-state index contributed by atoms with van der Waals surface area (Å²) in [6.07, 6.45) is -0.198. The van der Waals surface area contributed by atoms with Gasteiger partial charge in [0.25, 0.3) is 0 Å². The first-order valence-corrected chi connectivity index (χ1v) is 13.1. The second kappa shape index (κ2) is 14.5. The van der Waals surface area contributed by atoms with Crippen LogP contribution in [0, 0.1) is 0 Å². The van der Waals surface area contributed by atoms with Crippen LogP contribution in [0.2, 0.25) is 0 Å². The number of carboxylic acid groups (broad SMARTS) is 2. The van der Waals surface area contributed by atoms with Crippen molar-refractivity contribution in [1.29, 1.82) is 0 Å². The van der Waals surface area contributed by atoms with Crippen molar-refractivity contribution in [1.82, 2.24) is 20.9 Å². The lowest BCUT2D eigenvalue weighted by molar-refractivity contribution is -0.143. The number of para-hydroxylation sites is 1. The van der Waals surface area contributed by atoms with Gasteiger partial charge in [-0.3, -0.25) is 24.0 Å². The minimum absolute atomic E-state index is 0.00700. The summed E-state index contributed by atoms with van der Waals surface area (Å²) >= 11 is 0. The molecular formula is C28H32N6O9. The Hall–Kier alpha value is -5.44. The first-order chi connectivity index (χ1) is 20.3. The highest BCUT2D eigenvalue weighted by atomic mass is 16.4. The molecule has 0 fully saturated rings. The van der Waals surface area contributed by atoms with Gasteiger partial charge >= 0.3 is 11.9 Å². The van der Waals surface area contributed by atoms with Gasteiger partial charge in [0.05, 0.1) is 18.9 Å². The zero-order chi connectivity index (χ0) is 31.7. The number of primary amides is 1. The van der Waals surface area contributed by atoms with E-state index in [2.05, 4.69) is 20.9 Å². The summed E-state index contributed by atoms with van der Waals surface area (Å²) in [5.41, 5.74) is 13.1. The summed E-state index contributed by atoms with van der Waals surface area (Å²) < 4.78 is 0. The standard InChI is InChI=1S/C28H32N6O9/c29-18(9-14-5-7-16(35)8-6-14)25(39)32-20(11-23(30)36)26(40)33-21(12-24(37)38)27(41)34-22(28(42)43)10-15-13-31-19-4-2-1-3-17(15)19/h1-8,13,18,20-22,31,35H,9-12,29H2,(H2,30,36)(H,32,39)(H,33,40)(H,34,41)(H,37,38)(H,42,43). The van der Waals surface area contributed by atoms with E-state index in [4.69, 9.17) is 11.5 Å². The van der Waals surface area contributed by atoms with E-state index < -0.39 is 72.6 Å². The average molecular weight is 597 g/mol. The van der Waals surface area contributed by atoms with Gasteiger partial charge in [-0.1, -0.05) is 30.3 Å². The molecule has 228 valence electrons. The number of carboxylic acids is 2. The van der Waals surface area contributed by atoms with Gasteiger partial charge < -0.3 is 47.7 Å². The monoisotopic (exact) mass is 596 g/mol. The van der Waals surface area contributed by atoms with Crippen LogP contribution >= 0.6 is 0 Å². The van der Waals surface area contributed by atoms with Crippen LogP contribution in [-0.2, 0) is 41.6 Å². The van der Waals surface area contributed by atoms with Crippen LogP contribution in [0.3, 0.4) is 0 Å². The number of phenolic OH excluding ortho intramolecular Hbond substituents is 1. The second-order valence-corrected chi connectivity index (χ2v) is 9.83. The molecule has 0 radical (unpaired) electrons. The molecule has 15 heteroatoms. The highest BCUT2D eigenvalue weighted by molar-refractivity contribution is 5.97. The topological polar surface area (TPSA) is 267 Å². The minimum atomic E-state index is -1.77. The molecule has 0 aliphatic rings. The zero-order valence-electron chi connectivity index (χ0n) is 22.8. The lowest BCUT2D eigenvalue weighted by Crippen LogP contribution is -2.58. The molecule has 0 saturated carbocycles. The van der Waals surface area contributed by atoms with Crippen molar-refractivity contribution in [3.8, 4) is 5.75 Å². The summed E-state index contributed by atoms with van der Waals surface area (Å²) in [4.78, 5) is 76.9. The van der Waals surface area contributed by atoms with Crippen molar-refractivity contribution >= 4 is 46.5 Å². The molecule has 15 nitrogen and oxygen atoms in total.